The molecule has 0 amide bonds. The van der Waals surface area contributed by atoms with Crippen molar-refractivity contribution in [3.05, 3.63) is 38.5 Å². The highest BCUT2D eigenvalue weighted by atomic mass is 16.1. The fraction of sp³-hybridized carbons (Fsp3) is 0.143. The van der Waals surface area contributed by atoms with Gasteiger partial charge in [0.05, 0.1) is 0 Å². The minimum atomic E-state index is -0.222. The third-order valence-electron chi connectivity index (χ3n) is 1.67. The minimum Gasteiger partial charge on any atom is -0.307 e. The van der Waals surface area contributed by atoms with Crippen LogP contribution in [0.2, 0.25) is 0 Å². The lowest BCUT2D eigenvalue weighted by molar-refractivity contribution is 0.872. The van der Waals surface area contributed by atoms with Crippen molar-refractivity contribution in [1.82, 2.24) is 14.6 Å². The van der Waals surface area contributed by atoms with Crippen molar-refractivity contribution in [3.63, 3.8) is 0 Å². The number of nitrogens with zero attached hydrogens (tertiary/aromatic N) is 1. The van der Waals surface area contributed by atoms with Crippen molar-refractivity contribution in [1.29, 1.82) is 0 Å². The summed E-state index contributed by atoms with van der Waals surface area (Å²) in [6, 6.07) is 2.76. The lowest BCUT2D eigenvalue weighted by Crippen LogP contribution is -2.09. The van der Waals surface area contributed by atoms with Gasteiger partial charge in [-0.25, -0.2) is 4.52 Å². The molecule has 62 valence electrons. The van der Waals surface area contributed by atoms with Crippen LogP contribution in [0.3, 0.4) is 0 Å². The minimum absolute atomic E-state index is 0.202. The number of hydrogen-bond donors (Lipinski definition) is 2. The molecule has 5 nitrogen and oxygen atoms in total. The molecule has 12 heavy (non-hydrogen) atoms. The molecule has 0 saturated heterocycles. The van der Waals surface area contributed by atoms with Gasteiger partial charge in [0.2, 0.25) is 0 Å². The molecule has 5 heteroatoms. The van der Waals surface area contributed by atoms with E-state index >= 15 is 0 Å². The Bertz CT molecular complexity index is 531. The van der Waals surface area contributed by atoms with Crippen molar-refractivity contribution in [3.8, 4) is 0 Å². The third-order valence-corrected chi connectivity index (χ3v) is 1.67. The Kier molecular flexibility index (Phi) is 1.21. The molecule has 2 heterocycles. The zero-order valence-electron chi connectivity index (χ0n) is 6.42. The Labute approximate surface area is 66.6 Å². The van der Waals surface area contributed by atoms with E-state index in [0.29, 0.717) is 11.3 Å². The van der Waals surface area contributed by atoms with Crippen LogP contribution in [0.5, 0.6) is 0 Å². The number of aryl methyl sites for hydroxylation is 1. The summed E-state index contributed by atoms with van der Waals surface area (Å²) in [5.41, 5.74) is 0.771. The highest BCUT2D eigenvalue weighted by molar-refractivity contribution is 5.36. The summed E-state index contributed by atoms with van der Waals surface area (Å²) < 4.78 is 1.53. The summed E-state index contributed by atoms with van der Waals surface area (Å²) >= 11 is 0. The van der Waals surface area contributed by atoms with Crippen LogP contribution in [0.15, 0.2) is 21.7 Å². The number of aromatic amines is 2. The second-order valence-corrected chi connectivity index (χ2v) is 2.62. The standard InChI is InChI=1S/C7H7N3O2/c1-4-2-6(11)8-5-3-7(12)9-10(4)5/h2-3H,1H3,(H,8,11)(H,9,12). The van der Waals surface area contributed by atoms with Crippen molar-refractivity contribution in [2.24, 2.45) is 0 Å². The number of H-pyrrole nitrogens is 2. The first-order valence-electron chi connectivity index (χ1n) is 3.48. The predicted molar refractivity (Wildman–Crippen MR) is 43.4 cm³/mol. The molecule has 0 spiro atoms. The number of rotatable bonds is 0. The smallest absolute Gasteiger partial charge is 0.266 e. The molecule has 0 fully saturated rings. The lowest BCUT2D eigenvalue weighted by atomic mass is 10.4. The normalized spacial score (nSPS) is 10.8. The van der Waals surface area contributed by atoms with Gasteiger partial charge in [-0.15, -0.1) is 0 Å². The highest BCUT2D eigenvalue weighted by Crippen LogP contribution is 1.94. The van der Waals surface area contributed by atoms with Crippen LogP contribution in [0.4, 0.5) is 0 Å². The molecule has 0 unspecified atom stereocenters. The van der Waals surface area contributed by atoms with Crippen LogP contribution in [0.1, 0.15) is 5.69 Å². The molecule has 0 aliphatic carbocycles. The van der Waals surface area contributed by atoms with Crippen LogP contribution in [0, 0.1) is 6.92 Å². The van der Waals surface area contributed by atoms with Crippen LogP contribution < -0.4 is 11.1 Å². The zero-order chi connectivity index (χ0) is 8.72. The molecule has 2 aromatic heterocycles. The van der Waals surface area contributed by atoms with E-state index in [1.165, 1.54) is 16.6 Å². The fourth-order valence-corrected chi connectivity index (χ4v) is 1.18. The van der Waals surface area contributed by atoms with Crippen molar-refractivity contribution in [2.75, 3.05) is 0 Å². The average Bonchev–Trinajstić information content (AvgIpc) is 2.29. The molecule has 0 aliphatic heterocycles. The number of fused-ring (bicyclic) bond motifs is 1. The molecule has 2 aromatic rings. The molecular formula is C7H7N3O2. The van der Waals surface area contributed by atoms with Gasteiger partial charge in [0.1, 0.15) is 5.65 Å². The van der Waals surface area contributed by atoms with Gasteiger partial charge < -0.3 is 4.98 Å². The molecule has 0 atom stereocenters. The van der Waals surface area contributed by atoms with Crippen LogP contribution >= 0.6 is 0 Å². The molecule has 0 saturated carbocycles. The van der Waals surface area contributed by atoms with Gasteiger partial charge in [0, 0.05) is 17.8 Å². The quantitative estimate of drug-likeness (QED) is 0.558. The maximum Gasteiger partial charge on any atom is 0.266 e. The molecule has 0 aliphatic rings. The van der Waals surface area contributed by atoms with Crippen LogP contribution in [-0.4, -0.2) is 14.6 Å². The summed E-state index contributed by atoms with van der Waals surface area (Å²) in [6.45, 7) is 1.75. The van der Waals surface area contributed by atoms with E-state index in [1.807, 2.05) is 0 Å². The van der Waals surface area contributed by atoms with E-state index in [1.54, 1.807) is 6.92 Å². The summed E-state index contributed by atoms with van der Waals surface area (Å²) in [4.78, 5) is 24.3. The number of nitrogens with one attached hydrogen (secondary N) is 2. The second-order valence-electron chi connectivity index (χ2n) is 2.62. The Morgan fingerprint density at radius 3 is 2.75 bits per heavy atom. The van der Waals surface area contributed by atoms with E-state index < -0.39 is 0 Å². The van der Waals surface area contributed by atoms with Gasteiger partial charge in [-0.2, -0.15) is 0 Å². The highest BCUT2D eigenvalue weighted by Gasteiger charge is 1.99. The van der Waals surface area contributed by atoms with Crippen molar-refractivity contribution < 1.29 is 0 Å². The largest absolute Gasteiger partial charge is 0.307 e. The maximum atomic E-state index is 10.9. The summed E-state index contributed by atoms with van der Waals surface area (Å²) in [5.74, 6) is 0. The van der Waals surface area contributed by atoms with Crippen LogP contribution in [-0.2, 0) is 0 Å². The monoisotopic (exact) mass is 165 g/mol. The first-order valence-corrected chi connectivity index (χ1v) is 3.48. The summed E-state index contributed by atoms with van der Waals surface area (Å²) in [5, 5.41) is 2.54. The predicted octanol–water partition coefficient (Wildman–Crippen LogP) is -0.376. The van der Waals surface area contributed by atoms with Gasteiger partial charge >= 0.3 is 0 Å². The van der Waals surface area contributed by atoms with E-state index in [2.05, 4.69) is 10.1 Å². The fourth-order valence-electron chi connectivity index (χ4n) is 1.18. The summed E-state index contributed by atoms with van der Waals surface area (Å²) in [6.07, 6.45) is 0. The number of hydrogen-bond acceptors (Lipinski definition) is 2. The van der Waals surface area contributed by atoms with Gasteiger partial charge in [-0.1, -0.05) is 0 Å². The second kappa shape index (κ2) is 2.10. The van der Waals surface area contributed by atoms with E-state index in [-0.39, 0.29) is 11.1 Å². The Morgan fingerprint density at radius 2 is 2.00 bits per heavy atom. The SMILES string of the molecule is Cc1cc(=O)[nH]c2cc(=O)[nH]n12. The van der Waals surface area contributed by atoms with Gasteiger partial charge in [-0.3, -0.25) is 14.7 Å². The van der Waals surface area contributed by atoms with Gasteiger partial charge in [0.15, 0.2) is 0 Å². The lowest BCUT2D eigenvalue weighted by Gasteiger charge is -1.96. The average molecular weight is 165 g/mol. The Hall–Kier alpha value is -1.78. The third kappa shape index (κ3) is 0.868. The molecule has 2 rings (SSSR count). The molecule has 0 radical (unpaired) electrons. The molecule has 0 bridgehead atoms. The van der Waals surface area contributed by atoms with Crippen LogP contribution in [0.25, 0.3) is 5.65 Å². The molecule has 2 N–H and O–H groups in total. The first-order chi connectivity index (χ1) is 5.66. The number of aromatic nitrogens is 3. The summed E-state index contributed by atoms with van der Waals surface area (Å²) in [7, 11) is 0. The Balaban J connectivity index is 3.07. The first kappa shape index (κ1) is 6.90. The van der Waals surface area contributed by atoms with E-state index in [4.69, 9.17) is 0 Å². The van der Waals surface area contributed by atoms with Crippen molar-refractivity contribution in [2.45, 2.75) is 6.92 Å². The van der Waals surface area contributed by atoms with Gasteiger partial charge in [-0.05, 0) is 6.92 Å². The maximum absolute atomic E-state index is 10.9. The Morgan fingerprint density at radius 1 is 1.25 bits per heavy atom. The zero-order valence-corrected chi connectivity index (χ0v) is 6.42. The molecule has 0 aromatic carbocycles. The van der Waals surface area contributed by atoms with E-state index in [9.17, 15) is 9.59 Å². The van der Waals surface area contributed by atoms with E-state index in [0.717, 1.165) is 0 Å². The van der Waals surface area contributed by atoms with Gasteiger partial charge in [0.25, 0.3) is 11.1 Å². The topological polar surface area (TPSA) is 70.1 Å². The molecular weight excluding hydrogens is 158 g/mol. The van der Waals surface area contributed by atoms with Crippen molar-refractivity contribution >= 4 is 5.65 Å².